The molecule has 4 heteroatoms. The average molecular weight is 178 g/mol. The molecular weight excluding hydrogens is 166 g/mol. The van der Waals surface area contributed by atoms with Gasteiger partial charge in [-0.25, -0.2) is 0 Å². The lowest BCUT2D eigenvalue weighted by molar-refractivity contribution is -0.126. The van der Waals surface area contributed by atoms with Gasteiger partial charge in [0.15, 0.2) is 0 Å². The summed E-state index contributed by atoms with van der Waals surface area (Å²) in [6, 6.07) is -0.0845. The first-order valence-corrected chi connectivity index (χ1v) is 3.97. The van der Waals surface area contributed by atoms with Crippen molar-refractivity contribution in [3.8, 4) is 0 Å². The molecule has 0 aliphatic carbocycles. The molecule has 0 spiro atoms. The molecule has 0 fully saturated rings. The van der Waals surface area contributed by atoms with Crippen LogP contribution >= 0.6 is 0 Å². The maximum atomic E-state index is 10.9. The molecule has 1 unspecified atom stereocenters. The molecule has 1 amide bonds. The van der Waals surface area contributed by atoms with E-state index in [2.05, 4.69) is 16.9 Å². The van der Waals surface area contributed by atoms with Crippen LogP contribution in [0.3, 0.4) is 0 Å². The number of carbonyl (C=O) groups excluding carboxylic acids is 1. The molecule has 0 saturated carbocycles. The van der Waals surface area contributed by atoms with E-state index in [9.17, 15) is 4.79 Å². The molecule has 13 heavy (non-hydrogen) atoms. The van der Waals surface area contributed by atoms with Crippen molar-refractivity contribution in [3.63, 3.8) is 0 Å². The molecule has 0 aliphatic rings. The highest BCUT2D eigenvalue weighted by Gasteiger charge is 2.14. The van der Waals surface area contributed by atoms with Gasteiger partial charge in [0.1, 0.15) is 0 Å². The first-order chi connectivity index (χ1) is 6.13. The number of amides is 1. The maximum Gasteiger partial charge on any atom is 0.223 e. The molecule has 0 N–H and O–H groups in total. The number of hydrogen-bond donors (Lipinski definition) is 0. The minimum atomic E-state index is -0.224. The minimum absolute atomic E-state index is 0.0845. The van der Waals surface area contributed by atoms with Crippen molar-refractivity contribution in [2.45, 2.75) is 13.0 Å². The Morgan fingerprint density at radius 2 is 2.31 bits per heavy atom. The largest absolute Gasteiger partial charge is 0.337 e. The Balaban J connectivity index is 2.79. The highest BCUT2D eigenvalue weighted by molar-refractivity contribution is 5.80. The molecular formula is C9H12N3O. The molecule has 69 valence electrons. The molecule has 1 radical (unpaired) electrons. The highest BCUT2D eigenvalue weighted by Crippen LogP contribution is 2.14. The number of carbonyl (C=O) groups is 1. The van der Waals surface area contributed by atoms with Gasteiger partial charge in [0.2, 0.25) is 5.91 Å². The standard InChI is InChI=1S/C9H12N3O/c1-7(12(3)8(2)13)9-6-10-4-5-11-9/h4-7H,2H2,1,3H3. The Morgan fingerprint density at radius 1 is 1.62 bits per heavy atom. The lowest BCUT2D eigenvalue weighted by Crippen LogP contribution is -2.27. The summed E-state index contributed by atoms with van der Waals surface area (Å²) in [5, 5.41) is 0. The average Bonchev–Trinajstić information content (AvgIpc) is 2.17. The summed E-state index contributed by atoms with van der Waals surface area (Å²) in [5.41, 5.74) is 0.766. The topological polar surface area (TPSA) is 46.1 Å². The number of rotatable bonds is 2. The first kappa shape index (κ1) is 9.64. The fourth-order valence-electron chi connectivity index (χ4n) is 0.941. The Hall–Kier alpha value is -1.45. The van der Waals surface area contributed by atoms with Crippen molar-refractivity contribution in [2.75, 3.05) is 7.05 Å². The van der Waals surface area contributed by atoms with Gasteiger partial charge in [-0.3, -0.25) is 14.8 Å². The summed E-state index contributed by atoms with van der Waals surface area (Å²) in [4.78, 5) is 20.5. The molecule has 4 nitrogen and oxygen atoms in total. The van der Waals surface area contributed by atoms with Crippen LogP contribution in [0.15, 0.2) is 18.6 Å². The summed E-state index contributed by atoms with van der Waals surface area (Å²) >= 11 is 0. The molecule has 1 rings (SSSR count). The second kappa shape index (κ2) is 3.98. The van der Waals surface area contributed by atoms with Crippen molar-refractivity contribution in [1.29, 1.82) is 0 Å². The number of nitrogens with zero attached hydrogens (tertiary/aromatic N) is 3. The highest BCUT2D eigenvalue weighted by atomic mass is 16.2. The van der Waals surface area contributed by atoms with Crippen LogP contribution in [0, 0.1) is 6.92 Å². The van der Waals surface area contributed by atoms with Crippen LogP contribution < -0.4 is 0 Å². The molecule has 1 aromatic heterocycles. The van der Waals surface area contributed by atoms with Crippen LogP contribution in [0.5, 0.6) is 0 Å². The predicted molar refractivity (Wildman–Crippen MR) is 48.6 cm³/mol. The third-order valence-corrected chi connectivity index (χ3v) is 1.99. The fraction of sp³-hybridized carbons (Fsp3) is 0.333. The van der Waals surface area contributed by atoms with Gasteiger partial charge in [-0.1, -0.05) is 0 Å². The summed E-state index contributed by atoms with van der Waals surface area (Å²) in [6.45, 7) is 5.21. The SMILES string of the molecule is [CH2]C(=O)N(C)C(C)c1cnccn1. The monoisotopic (exact) mass is 178 g/mol. The van der Waals surface area contributed by atoms with Gasteiger partial charge >= 0.3 is 0 Å². The molecule has 0 bridgehead atoms. The van der Waals surface area contributed by atoms with Gasteiger partial charge in [0, 0.05) is 26.4 Å². The lowest BCUT2D eigenvalue weighted by Gasteiger charge is -2.22. The zero-order chi connectivity index (χ0) is 9.84. The van der Waals surface area contributed by atoms with Crippen molar-refractivity contribution in [3.05, 3.63) is 31.2 Å². The second-order valence-electron chi connectivity index (χ2n) is 2.81. The smallest absolute Gasteiger partial charge is 0.223 e. The molecule has 0 aliphatic heterocycles. The Kier molecular flexibility index (Phi) is 2.95. The van der Waals surface area contributed by atoms with E-state index in [0.717, 1.165) is 5.69 Å². The van der Waals surface area contributed by atoms with Gasteiger partial charge in [-0.2, -0.15) is 0 Å². The van der Waals surface area contributed by atoms with Crippen LogP contribution in [0.1, 0.15) is 18.7 Å². The summed E-state index contributed by atoms with van der Waals surface area (Å²) in [6.07, 6.45) is 4.85. The Bertz CT molecular complexity index is 286. The Morgan fingerprint density at radius 3 is 2.77 bits per heavy atom. The van der Waals surface area contributed by atoms with Crippen molar-refractivity contribution in [2.24, 2.45) is 0 Å². The van der Waals surface area contributed by atoms with Gasteiger partial charge in [0.05, 0.1) is 17.9 Å². The van der Waals surface area contributed by atoms with Crippen molar-refractivity contribution >= 4 is 5.91 Å². The second-order valence-corrected chi connectivity index (χ2v) is 2.81. The van der Waals surface area contributed by atoms with Crippen LogP contribution in [0.4, 0.5) is 0 Å². The van der Waals surface area contributed by atoms with E-state index >= 15 is 0 Å². The quantitative estimate of drug-likeness (QED) is 0.673. The lowest BCUT2D eigenvalue weighted by atomic mass is 10.2. The summed E-state index contributed by atoms with van der Waals surface area (Å²) in [5.74, 6) is -0.224. The minimum Gasteiger partial charge on any atom is -0.337 e. The molecule has 0 saturated heterocycles. The predicted octanol–water partition coefficient (Wildman–Crippen LogP) is 0.830. The normalized spacial score (nSPS) is 12.2. The number of aromatic nitrogens is 2. The maximum absolute atomic E-state index is 10.9. The van der Waals surface area contributed by atoms with E-state index in [1.165, 1.54) is 4.90 Å². The van der Waals surface area contributed by atoms with Gasteiger partial charge < -0.3 is 4.90 Å². The zero-order valence-corrected chi connectivity index (χ0v) is 7.77. The molecule has 1 aromatic rings. The van der Waals surface area contributed by atoms with E-state index in [1.807, 2.05) is 6.92 Å². The van der Waals surface area contributed by atoms with Gasteiger partial charge in [-0.05, 0) is 6.92 Å². The van der Waals surface area contributed by atoms with Crippen molar-refractivity contribution in [1.82, 2.24) is 14.9 Å². The van der Waals surface area contributed by atoms with Gasteiger partial charge in [0.25, 0.3) is 0 Å². The third-order valence-electron chi connectivity index (χ3n) is 1.99. The van der Waals surface area contributed by atoms with Crippen LogP contribution in [-0.2, 0) is 4.79 Å². The summed E-state index contributed by atoms with van der Waals surface area (Å²) < 4.78 is 0. The first-order valence-electron chi connectivity index (χ1n) is 3.97. The van der Waals surface area contributed by atoms with E-state index < -0.39 is 0 Å². The summed E-state index contributed by atoms with van der Waals surface area (Å²) in [7, 11) is 1.69. The fourth-order valence-corrected chi connectivity index (χ4v) is 0.941. The van der Waals surface area contributed by atoms with Crippen LogP contribution in [-0.4, -0.2) is 27.8 Å². The molecule has 1 heterocycles. The third kappa shape index (κ3) is 2.24. The van der Waals surface area contributed by atoms with Gasteiger partial charge in [-0.15, -0.1) is 0 Å². The van der Waals surface area contributed by atoms with Crippen molar-refractivity contribution < 1.29 is 4.79 Å². The van der Waals surface area contributed by atoms with E-state index in [-0.39, 0.29) is 11.9 Å². The van der Waals surface area contributed by atoms with Crippen LogP contribution in [0.25, 0.3) is 0 Å². The molecule has 0 aromatic carbocycles. The van der Waals surface area contributed by atoms with E-state index in [0.29, 0.717) is 0 Å². The number of hydrogen-bond acceptors (Lipinski definition) is 3. The zero-order valence-electron chi connectivity index (χ0n) is 7.77. The van der Waals surface area contributed by atoms with E-state index in [4.69, 9.17) is 0 Å². The van der Waals surface area contributed by atoms with E-state index in [1.54, 1.807) is 25.6 Å². The Labute approximate surface area is 77.6 Å². The van der Waals surface area contributed by atoms with Crippen LogP contribution in [0.2, 0.25) is 0 Å². The molecule has 1 atom stereocenters.